The number of piperidine rings is 1. The predicted octanol–water partition coefficient (Wildman–Crippen LogP) is 2.17. The van der Waals surface area contributed by atoms with Crippen molar-refractivity contribution in [3.05, 3.63) is 23.8 Å². The molecule has 1 aromatic carbocycles. The van der Waals surface area contributed by atoms with Gasteiger partial charge in [0.05, 0.1) is 11.4 Å². The van der Waals surface area contributed by atoms with E-state index in [1.54, 1.807) is 4.90 Å². The second-order valence-electron chi connectivity index (χ2n) is 9.10. The molecule has 31 heavy (non-hydrogen) atoms. The molecular formula is C24H37N5O2. The summed E-state index contributed by atoms with van der Waals surface area (Å²) in [6.45, 7) is 10.6. The first-order valence-corrected chi connectivity index (χ1v) is 12.0. The molecule has 170 valence electrons. The summed E-state index contributed by atoms with van der Waals surface area (Å²) < 4.78 is 0. The number of carbonyl (C=O) groups is 2. The Bertz CT molecular complexity index is 790. The Balaban J connectivity index is 1.28. The predicted molar refractivity (Wildman–Crippen MR) is 125 cm³/mol. The van der Waals surface area contributed by atoms with Gasteiger partial charge in [0, 0.05) is 51.9 Å². The van der Waals surface area contributed by atoms with Gasteiger partial charge in [0.25, 0.3) is 5.91 Å². The lowest BCUT2D eigenvalue weighted by atomic mass is 9.96. The number of fused-ring (bicyclic) bond motifs is 3. The standard InChI is InChI=1S/C24H37N5O2/c1-3-11-27-14-16-28(17-15-27)12-6-10-25-23(30)19-8-9-20-22(18-19)26(2)24(31)21-7-4-5-13-29(20)21/h8-9,18,21H,3-7,10-17H2,1-2H3,(H,25,30)/t21-/m1/s1. The van der Waals surface area contributed by atoms with Gasteiger partial charge in [-0.1, -0.05) is 6.92 Å². The van der Waals surface area contributed by atoms with Crippen LogP contribution >= 0.6 is 0 Å². The second-order valence-corrected chi connectivity index (χ2v) is 9.10. The summed E-state index contributed by atoms with van der Waals surface area (Å²) in [4.78, 5) is 34.5. The smallest absolute Gasteiger partial charge is 0.251 e. The van der Waals surface area contributed by atoms with E-state index in [4.69, 9.17) is 0 Å². The molecule has 4 rings (SSSR count). The highest BCUT2D eigenvalue weighted by atomic mass is 16.2. The molecule has 0 aromatic heterocycles. The molecule has 0 spiro atoms. The molecule has 2 amide bonds. The molecule has 1 aromatic rings. The number of hydrogen-bond acceptors (Lipinski definition) is 5. The maximum absolute atomic E-state index is 12.8. The van der Waals surface area contributed by atoms with E-state index in [1.807, 2.05) is 25.2 Å². The molecule has 0 saturated carbocycles. The van der Waals surface area contributed by atoms with E-state index in [2.05, 4.69) is 26.9 Å². The average molecular weight is 428 g/mol. The van der Waals surface area contributed by atoms with E-state index in [9.17, 15) is 9.59 Å². The SMILES string of the molecule is CCCN1CCN(CCCNC(=O)c2ccc3c(c2)N(C)C(=O)[C@H]2CCCCN32)CC1. The number of hydrogen-bond donors (Lipinski definition) is 1. The number of benzene rings is 1. The first-order chi connectivity index (χ1) is 15.1. The molecule has 2 fully saturated rings. The minimum Gasteiger partial charge on any atom is -0.358 e. The van der Waals surface area contributed by atoms with Gasteiger partial charge in [-0.3, -0.25) is 9.59 Å². The van der Waals surface area contributed by atoms with Crippen LogP contribution in [0.25, 0.3) is 0 Å². The number of rotatable bonds is 7. The fourth-order valence-electron chi connectivity index (χ4n) is 5.15. The van der Waals surface area contributed by atoms with Gasteiger partial charge < -0.3 is 24.9 Å². The summed E-state index contributed by atoms with van der Waals surface area (Å²) in [5, 5.41) is 3.06. The first kappa shape index (κ1) is 22.1. The Labute approximate surface area is 186 Å². The van der Waals surface area contributed by atoms with Crippen LogP contribution < -0.4 is 15.1 Å². The quantitative estimate of drug-likeness (QED) is 0.676. The molecule has 7 nitrogen and oxygen atoms in total. The number of carbonyl (C=O) groups excluding carboxylic acids is 2. The molecule has 2 saturated heterocycles. The minimum atomic E-state index is -0.0582. The summed E-state index contributed by atoms with van der Waals surface area (Å²) in [6.07, 6.45) is 5.31. The van der Waals surface area contributed by atoms with Crippen LogP contribution in [0.2, 0.25) is 0 Å². The lowest BCUT2D eigenvalue weighted by molar-refractivity contribution is -0.120. The van der Waals surface area contributed by atoms with Crippen molar-refractivity contribution in [1.82, 2.24) is 15.1 Å². The van der Waals surface area contributed by atoms with Crippen molar-refractivity contribution in [2.75, 3.05) is 69.2 Å². The third-order valence-electron chi connectivity index (χ3n) is 6.97. The van der Waals surface area contributed by atoms with Crippen LogP contribution in [-0.4, -0.2) is 87.1 Å². The van der Waals surface area contributed by atoms with Crippen molar-refractivity contribution in [3.63, 3.8) is 0 Å². The van der Waals surface area contributed by atoms with Crippen molar-refractivity contribution >= 4 is 23.2 Å². The molecule has 3 aliphatic rings. The van der Waals surface area contributed by atoms with E-state index in [-0.39, 0.29) is 17.9 Å². The van der Waals surface area contributed by atoms with Crippen LogP contribution in [0.3, 0.4) is 0 Å². The molecule has 3 heterocycles. The van der Waals surface area contributed by atoms with Gasteiger partial charge in [-0.15, -0.1) is 0 Å². The van der Waals surface area contributed by atoms with E-state index >= 15 is 0 Å². The number of amides is 2. The van der Waals surface area contributed by atoms with Crippen LogP contribution in [0, 0.1) is 0 Å². The summed E-state index contributed by atoms with van der Waals surface area (Å²) in [5.41, 5.74) is 2.55. The number of anilines is 2. The van der Waals surface area contributed by atoms with Gasteiger partial charge in [-0.2, -0.15) is 0 Å². The van der Waals surface area contributed by atoms with Crippen LogP contribution in [0.5, 0.6) is 0 Å². The van der Waals surface area contributed by atoms with Crippen molar-refractivity contribution < 1.29 is 9.59 Å². The number of nitrogens with one attached hydrogen (secondary N) is 1. The van der Waals surface area contributed by atoms with Crippen molar-refractivity contribution in [2.24, 2.45) is 0 Å². The Kier molecular flexibility index (Phi) is 7.13. The molecule has 0 unspecified atom stereocenters. The Hall–Kier alpha value is -2.12. The van der Waals surface area contributed by atoms with Crippen LogP contribution in [0.4, 0.5) is 11.4 Å². The molecule has 1 atom stereocenters. The Morgan fingerprint density at radius 1 is 1.03 bits per heavy atom. The van der Waals surface area contributed by atoms with Gasteiger partial charge in [-0.25, -0.2) is 0 Å². The van der Waals surface area contributed by atoms with Crippen LogP contribution in [-0.2, 0) is 4.79 Å². The fourth-order valence-corrected chi connectivity index (χ4v) is 5.15. The lowest BCUT2D eigenvalue weighted by Gasteiger charge is -2.44. The largest absolute Gasteiger partial charge is 0.358 e. The summed E-state index contributed by atoms with van der Waals surface area (Å²) in [5.74, 6) is 0.0842. The van der Waals surface area contributed by atoms with E-state index in [0.717, 1.165) is 76.3 Å². The molecule has 3 aliphatic heterocycles. The monoisotopic (exact) mass is 427 g/mol. The highest BCUT2D eigenvalue weighted by molar-refractivity contribution is 6.07. The fraction of sp³-hybridized carbons (Fsp3) is 0.667. The van der Waals surface area contributed by atoms with Gasteiger partial charge in [-0.05, 0) is 63.4 Å². The maximum atomic E-state index is 12.8. The topological polar surface area (TPSA) is 59.1 Å². The molecule has 1 N–H and O–H groups in total. The molecule has 0 bridgehead atoms. The van der Waals surface area contributed by atoms with Crippen LogP contribution in [0.15, 0.2) is 18.2 Å². The van der Waals surface area contributed by atoms with Crippen molar-refractivity contribution in [1.29, 1.82) is 0 Å². The van der Waals surface area contributed by atoms with E-state index in [0.29, 0.717) is 12.1 Å². The third kappa shape index (κ3) is 4.88. The summed E-state index contributed by atoms with van der Waals surface area (Å²) in [6, 6.07) is 5.74. The van der Waals surface area contributed by atoms with Gasteiger partial charge >= 0.3 is 0 Å². The zero-order valence-electron chi connectivity index (χ0n) is 19.1. The third-order valence-corrected chi connectivity index (χ3v) is 6.97. The number of piperazine rings is 1. The summed E-state index contributed by atoms with van der Waals surface area (Å²) >= 11 is 0. The maximum Gasteiger partial charge on any atom is 0.251 e. The van der Waals surface area contributed by atoms with Crippen LogP contribution in [0.1, 0.15) is 49.4 Å². The zero-order chi connectivity index (χ0) is 21.8. The normalized spacial score (nSPS) is 22.3. The molecule has 0 aliphatic carbocycles. The van der Waals surface area contributed by atoms with E-state index in [1.165, 1.54) is 13.0 Å². The molecular weight excluding hydrogens is 390 g/mol. The highest BCUT2D eigenvalue weighted by Gasteiger charge is 2.38. The van der Waals surface area contributed by atoms with Crippen molar-refractivity contribution in [2.45, 2.75) is 45.1 Å². The minimum absolute atomic E-state index is 0.0465. The highest BCUT2D eigenvalue weighted by Crippen LogP contribution is 2.39. The average Bonchev–Trinajstić information content (AvgIpc) is 2.81. The van der Waals surface area contributed by atoms with Gasteiger partial charge in [0.1, 0.15) is 6.04 Å². The zero-order valence-corrected chi connectivity index (χ0v) is 19.1. The second kappa shape index (κ2) is 10.0. The van der Waals surface area contributed by atoms with Crippen molar-refractivity contribution in [3.8, 4) is 0 Å². The Morgan fingerprint density at radius 2 is 1.77 bits per heavy atom. The summed E-state index contributed by atoms with van der Waals surface area (Å²) in [7, 11) is 1.83. The van der Waals surface area contributed by atoms with E-state index < -0.39 is 0 Å². The number of likely N-dealkylation sites (N-methyl/N-ethyl adjacent to an activating group) is 1. The number of nitrogens with zero attached hydrogens (tertiary/aromatic N) is 4. The first-order valence-electron chi connectivity index (χ1n) is 12.0. The lowest BCUT2D eigenvalue weighted by Crippen LogP contribution is -2.54. The van der Waals surface area contributed by atoms with Gasteiger partial charge in [0.15, 0.2) is 0 Å². The van der Waals surface area contributed by atoms with Gasteiger partial charge in [0.2, 0.25) is 5.91 Å². The molecule has 7 heteroatoms. The molecule has 0 radical (unpaired) electrons. The Morgan fingerprint density at radius 3 is 2.52 bits per heavy atom.